The number of anilines is 6. The molecule has 7 aromatic rings. The van der Waals surface area contributed by atoms with Gasteiger partial charge in [0.25, 0.3) is 0 Å². The van der Waals surface area contributed by atoms with E-state index in [0.29, 0.717) is 33.6 Å². The second-order valence-electron chi connectivity index (χ2n) is 14.0. The van der Waals surface area contributed by atoms with Crippen molar-refractivity contribution in [3.05, 3.63) is 214 Å². The molecule has 0 spiro atoms. The van der Waals surface area contributed by atoms with Crippen molar-refractivity contribution in [3.8, 4) is 0 Å². The second-order valence-corrected chi connectivity index (χ2v) is 14.0. The average Bonchev–Trinajstić information content (AvgIpc) is 3.27. The van der Waals surface area contributed by atoms with Gasteiger partial charge >= 0.3 is 0 Å². The lowest BCUT2D eigenvalue weighted by atomic mass is 9.92. The molecule has 0 atom stereocenters. The summed E-state index contributed by atoms with van der Waals surface area (Å²) in [6.07, 6.45) is 3.62. The Morgan fingerprint density at radius 2 is 0.607 bits per heavy atom. The van der Waals surface area contributed by atoms with Crippen molar-refractivity contribution < 1.29 is 9.59 Å². The number of benzene rings is 7. The largest absolute Gasteiger partial charge is 0.310 e. The SMILES string of the molecule is CCc1ccc(N(c2ccc(CC)cc2)c2cc(C(=O)c3ccccc3)c(N(c3ccc(CC)cc3)c3ccc(CC)cc3)cc2C(=O)c2ccccc2)cc1. The highest BCUT2D eigenvalue weighted by atomic mass is 16.1. The van der Waals surface area contributed by atoms with Crippen molar-refractivity contribution >= 4 is 45.7 Å². The van der Waals surface area contributed by atoms with E-state index in [1.54, 1.807) is 0 Å². The third-order valence-electron chi connectivity index (χ3n) is 10.6. The quantitative estimate of drug-likeness (QED) is 0.104. The summed E-state index contributed by atoms with van der Waals surface area (Å²) in [4.78, 5) is 34.4. The van der Waals surface area contributed by atoms with Gasteiger partial charge in [-0.15, -0.1) is 0 Å². The monoisotopic (exact) mass is 732 g/mol. The number of nitrogens with zero attached hydrogens (tertiary/aromatic N) is 2. The third-order valence-corrected chi connectivity index (χ3v) is 10.6. The number of carbonyl (C=O) groups excluding carboxylic acids is 2. The summed E-state index contributed by atoms with van der Waals surface area (Å²) in [5, 5.41) is 0. The Hall–Kier alpha value is -6.52. The molecule has 0 aliphatic heterocycles. The second kappa shape index (κ2) is 17.3. The summed E-state index contributed by atoms with van der Waals surface area (Å²) in [5.74, 6) is -0.271. The first-order valence-electron chi connectivity index (χ1n) is 19.8. The molecule has 0 saturated carbocycles. The number of aryl methyl sites for hydroxylation is 4. The molecular weight excluding hydrogens is 685 g/mol. The zero-order valence-electron chi connectivity index (χ0n) is 32.7. The van der Waals surface area contributed by atoms with E-state index in [0.717, 1.165) is 48.4 Å². The fourth-order valence-electron chi connectivity index (χ4n) is 7.18. The zero-order valence-corrected chi connectivity index (χ0v) is 32.7. The molecule has 7 rings (SSSR count). The van der Waals surface area contributed by atoms with E-state index in [9.17, 15) is 0 Å². The van der Waals surface area contributed by atoms with Crippen LogP contribution in [0, 0.1) is 0 Å². The van der Waals surface area contributed by atoms with E-state index >= 15 is 9.59 Å². The van der Waals surface area contributed by atoms with Crippen molar-refractivity contribution in [1.29, 1.82) is 0 Å². The minimum absolute atomic E-state index is 0.136. The molecule has 0 aromatic heterocycles. The van der Waals surface area contributed by atoms with Crippen molar-refractivity contribution in [3.63, 3.8) is 0 Å². The Bertz CT molecular complexity index is 2130. The van der Waals surface area contributed by atoms with Crippen molar-refractivity contribution in [2.75, 3.05) is 9.80 Å². The van der Waals surface area contributed by atoms with Gasteiger partial charge in [-0.3, -0.25) is 9.59 Å². The Morgan fingerprint density at radius 3 is 0.839 bits per heavy atom. The number of hydrogen-bond donors (Lipinski definition) is 0. The minimum atomic E-state index is -0.136. The van der Waals surface area contributed by atoms with E-state index in [2.05, 4.69) is 135 Å². The molecule has 4 nitrogen and oxygen atoms in total. The van der Waals surface area contributed by atoms with Gasteiger partial charge in [-0.25, -0.2) is 0 Å². The maximum absolute atomic E-state index is 15.1. The molecule has 4 heteroatoms. The fraction of sp³-hybridized carbons (Fsp3) is 0.154. The van der Waals surface area contributed by atoms with Gasteiger partial charge in [0.2, 0.25) is 0 Å². The number of ketones is 2. The topological polar surface area (TPSA) is 40.6 Å². The van der Waals surface area contributed by atoms with Crippen LogP contribution in [0.1, 0.15) is 81.8 Å². The normalized spacial score (nSPS) is 10.9. The first kappa shape index (κ1) is 37.8. The van der Waals surface area contributed by atoms with E-state index in [1.807, 2.05) is 72.8 Å². The highest BCUT2D eigenvalue weighted by Gasteiger charge is 2.29. The number of rotatable bonds is 14. The van der Waals surface area contributed by atoms with Crippen molar-refractivity contribution in [2.24, 2.45) is 0 Å². The predicted molar refractivity (Wildman–Crippen MR) is 233 cm³/mol. The summed E-state index contributed by atoms with van der Waals surface area (Å²) >= 11 is 0. The summed E-state index contributed by atoms with van der Waals surface area (Å²) < 4.78 is 0. The molecule has 0 amide bonds. The standard InChI is InChI=1S/C52H48N2O2/c1-5-37-19-27-43(28-20-37)53(44-29-21-38(6-2)22-30-44)49-35-48(52(56)42-17-13-10-14-18-42)50(36-47(49)51(55)41-15-11-9-12-16-41)54(45-31-23-39(7-3)24-32-45)46-33-25-40(8-4)26-34-46/h9-36H,5-8H2,1-4H3. The van der Waals surface area contributed by atoms with Crippen LogP contribution in [0.4, 0.5) is 34.1 Å². The van der Waals surface area contributed by atoms with E-state index < -0.39 is 0 Å². The lowest BCUT2D eigenvalue weighted by Crippen LogP contribution is -2.20. The molecule has 0 radical (unpaired) electrons. The maximum atomic E-state index is 15.1. The summed E-state index contributed by atoms with van der Waals surface area (Å²) in [6, 6.07) is 56.6. The summed E-state index contributed by atoms with van der Waals surface area (Å²) in [7, 11) is 0. The third kappa shape index (κ3) is 7.97. The molecule has 0 bridgehead atoms. The summed E-state index contributed by atoms with van der Waals surface area (Å²) in [6.45, 7) is 8.57. The first-order chi connectivity index (χ1) is 27.4. The Labute approximate surface area is 331 Å². The zero-order chi connectivity index (χ0) is 39.0. The molecule has 0 heterocycles. The fourth-order valence-corrected chi connectivity index (χ4v) is 7.18. The van der Waals surface area contributed by atoms with Crippen LogP contribution in [0.25, 0.3) is 0 Å². The van der Waals surface area contributed by atoms with Gasteiger partial charge in [-0.05, 0) is 109 Å². The van der Waals surface area contributed by atoms with Gasteiger partial charge < -0.3 is 9.80 Å². The maximum Gasteiger partial charge on any atom is 0.195 e. The van der Waals surface area contributed by atoms with Crippen LogP contribution < -0.4 is 9.80 Å². The van der Waals surface area contributed by atoms with Gasteiger partial charge in [0, 0.05) is 45.0 Å². The van der Waals surface area contributed by atoms with Gasteiger partial charge in [0.05, 0.1) is 11.4 Å². The Kier molecular flexibility index (Phi) is 11.7. The molecule has 278 valence electrons. The van der Waals surface area contributed by atoms with Crippen LogP contribution >= 0.6 is 0 Å². The van der Waals surface area contributed by atoms with Crippen LogP contribution in [0.3, 0.4) is 0 Å². The van der Waals surface area contributed by atoms with E-state index in [1.165, 1.54) is 22.3 Å². The van der Waals surface area contributed by atoms with Crippen LogP contribution in [-0.4, -0.2) is 11.6 Å². The first-order valence-corrected chi connectivity index (χ1v) is 19.8. The lowest BCUT2D eigenvalue weighted by molar-refractivity contribution is 0.102. The molecule has 0 N–H and O–H groups in total. The van der Waals surface area contributed by atoms with Crippen LogP contribution in [0.15, 0.2) is 170 Å². The lowest BCUT2D eigenvalue weighted by Gasteiger charge is -2.32. The van der Waals surface area contributed by atoms with Crippen molar-refractivity contribution in [2.45, 2.75) is 53.4 Å². The summed E-state index contributed by atoms with van der Waals surface area (Å²) in [5.41, 5.74) is 11.8. The van der Waals surface area contributed by atoms with Gasteiger partial charge in [0.1, 0.15) is 0 Å². The number of carbonyl (C=O) groups is 2. The smallest absolute Gasteiger partial charge is 0.195 e. The Morgan fingerprint density at radius 1 is 0.357 bits per heavy atom. The molecular formula is C52H48N2O2. The molecule has 0 aliphatic carbocycles. The minimum Gasteiger partial charge on any atom is -0.310 e. The Balaban J connectivity index is 1.58. The van der Waals surface area contributed by atoms with Crippen LogP contribution in [-0.2, 0) is 25.7 Å². The van der Waals surface area contributed by atoms with Gasteiger partial charge in [-0.2, -0.15) is 0 Å². The predicted octanol–water partition coefficient (Wildman–Crippen LogP) is 13.3. The highest BCUT2D eigenvalue weighted by molar-refractivity contribution is 6.19. The molecule has 7 aromatic carbocycles. The van der Waals surface area contributed by atoms with Crippen LogP contribution in [0.2, 0.25) is 0 Å². The molecule has 0 saturated heterocycles. The molecule has 0 unspecified atom stereocenters. The van der Waals surface area contributed by atoms with E-state index in [-0.39, 0.29) is 11.6 Å². The molecule has 0 aliphatic rings. The number of hydrogen-bond acceptors (Lipinski definition) is 4. The van der Waals surface area contributed by atoms with Crippen molar-refractivity contribution in [1.82, 2.24) is 0 Å². The van der Waals surface area contributed by atoms with Gasteiger partial charge in [-0.1, -0.05) is 137 Å². The van der Waals surface area contributed by atoms with E-state index in [4.69, 9.17) is 0 Å². The van der Waals surface area contributed by atoms with Crippen LogP contribution in [0.5, 0.6) is 0 Å². The molecule has 56 heavy (non-hydrogen) atoms. The highest BCUT2D eigenvalue weighted by Crippen LogP contribution is 2.45. The molecule has 0 fully saturated rings. The van der Waals surface area contributed by atoms with Gasteiger partial charge in [0.15, 0.2) is 11.6 Å². The average molecular weight is 733 g/mol.